The molecule has 11 heavy (non-hydrogen) atoms. The van der Waals surface area contributed by atoms with E-state index in [1.165, 1.54) is 6.21 Å². The second kappa shape index (κ2) is 7.02. The van der Waals surface area contributed by atoms with Crippen molar-refractivity contribution in [3.05, 3.63) is 24.3 Å². The Hall–Kier alpha value is -1.09. The molecule has 0 unspecified atom stereocenters. The zero-order valence-electron chi connectivity index (χ0n) is 6.75. The summed E-state index contributed by atoms with van der Waals surface area (Å²) in [5, 5.41) is 13.9. The molecule has 0 atom stereocenters. The number of nitrogens with zero attached hydrogens (tertiary/aromatic N) is 1. The van der Waals surface area contributed by atoms with Crippen molar-refractivity contribution in [1.82, 2.24) is 5.32 Å². The highest BCUT2D eigenvalue weighted by molar-refractivity contribution is 5.71. The fourth-order valence-corrected chi connectivity index (χ4v) is 0.586. The lowest BCUT2D eigenvalue weighted by molar-refractivity contribution is 0.322. The number of rotatable bonds is 5. The fraction of sp³-hybridized carbons (Fsp3) is 0.375. The molecule has 0 rings (SSSR count). The topological polar surface area (TPSA) is 44.6 Å². The first-order valence-corrected chi connectivity index (χ1v) is 3.47. The molecule has 3 nitrogen and oxygen atoms in total. The molecule has 3 heteroatoms. The second-order valence-electron chi connectivity index (χ2n) is 2.14. The molecule has 0 aliphatic heterocycles. The monoisotopic (exact) mass is 154 g/mol. The third-order valence-electron chi connectivity index (χ3n) is 1.18. The third kappa shape index (κ3) is 6.80. The molecule has 0 saturated heterocycles. The Labute approximate surface area is 67.1 Å². The van der Waals surface area contributed by atoms with Gasteiger partial charge < -0.3 is 10.5 Å². The maximum Gasteiger partial charge on any atom is 0.0661 e. The summed E-state index contributed by atoms with van der Waals surface area (Å²) in [5.41, 5.74) is 1.01. The van der Waals surface area contributed by atoms with Gasteiger partial charge in [-0.3, -0.25) is 0 Å². The van der Waals surface area contributed by atoms with Crippen molar-refractivity contribution < 1.29 is 5.21 Å². The van der Waals surface area contributed by atoms with Gasteiger partial charge in [-0.25, -0.2) is 0 Å². The van der Waals surface area contributed by atoms with Gasteiger partial charge in [-0.1, -0.05) is 23.4 Å². The van der Waals surface area contributed by atoms with E-state index < -0.39 is 0 Å². The van der Waals surface area contributed by atoms with Gasteiger partial charge in [0.2, 0.25) is 0 Å². The summed E-state index contributed by atoms with van der Waals surface area (Å²) in [7, 11) is 1.90. The molecule has 0 heterocycles. The van der Waals surface area contributed by atoms with Crippen LogP contribution in [0.5, 0.6) is 0 Å². The molecule has 0 fully saturated rings. The number of hydrogen-bond acceptors (Lipinski definition) is 3. The first-order valence-electron chi connectivity index (χ1n) is 3.47. The van der Waals surface area contributed by atoms with Gasteiger partial charge in [0.25, 0.3) is 0 Å². The summed E-state index contributed by atoms with van der Waals surface area (Å²) >= 11 is 0. The summed E-state index contributed by atoms with van der Waals surface area (Å²) in [6.07, 6.45) is 5.69. The van der Waals surface area contributed by atoms with Gasteiger partial charge in [0.15, 0.2) is 0 Å². The molecule has 0 aromatic carbocycles. The minimum Gasteiger partial charge on any atom is -0.411 e. The molecule has 0 aromatic heterocycles. The van der Waals surface area contributed by atoms with Crippen LogP contribution < -0.4 is 5.32 Å². The van der Waals surface area contributed by atoms with Crippen molar-refractivity contribution in [2.75, 3.05) is 13.6 Å². The number of allylic oxidation sites excluding steroid dienone is 2. The normalized spacial score (nSPS) is 11.4. The molecule has 0 aromatic rings. The molecule has 0 aliphatic carbocycles. The molecule has 0 bridgehead atoms. The van der Waals surface area contributed by atoms with Crippen molar-refractivity contribution in [2.45, 2.75) is 6.42 Å². The first-order chi connectivity index (χ1) is 5.31. The number of oxime groups is 1. The average Bonchev–Trinajstić information content (AvgIpc) is 2.01. The maximum absolute atomic E-state index is 8.03. The van der Waals surface area contributed by atoms with Gasteiger partial charge in [-0.15, -0.1) is 0 Å². The van der Waals surface area contributed by atoms with Crippen molar-refractivity contribution in [2.24, 2.45) is 5.16 Å². The van der Waals surface area contributed by atoms with Gasteiger partial charge in [0.1, 0.15) is 0 Å². The van der Waals surface area contributed by atoms with Crippen molar-refractivity contribution >= 4 is 6.21 Å². The Morgan fingerprint density at radius 3 is 3.00 bits per heavy atom. The molecule has 0 amide bonds. The highest BCUT2D eigenvalue weighted by Gasteiger charge is 1.85. The van der Waals surface area contributed by atoms with Crippen LogP contribution in [0, 0.1) is 0 Å². The van der Waals surface area contributed by atoms with Crippen molar-refractivity contribution in [3.63, 3.8) is 0 Å². The van der Waals surface area contributed by atoms with E-state index in [0.717, 1.165) is 18.5 Å². The fourth-order valence-electron chi connectivity index (χ4n) is 0.586. The van der Waals surface area contributed by atoms with Gasteiger partial charge in [-0.05, 0) is 26.1 Å². The van der Waals surface area contributed by atoms with Gasteiger partial charge in [-0.2, -0.15) is 0 Å². The largest absolute Gasteiger partial charge is 0.411 e. The van der Waals surface area contributed by atoms with Crippen LogP contribution in [0.25, 0.3) is 0 Å². The van der Waals surface area contributed by atoms with E-state index in [1.54, 1.807) is 6.08 Å². The third-order valence-corrected chi connectivity index (χ3v) is 1.18. The lowest BCUT2D eigenvalue weighted by Gasteiger charge is -1.96. The Morgan fingerprint density at radius 1 is 1.73 bits per heavy atom. The van der Waals surface area contributed by atoms with Crippen LogP contribution in [0.15, 0.2) is 29.5 Å². The van der Waals surface area contributed by atoms with Crippen molar-refractivity contribution in [1.29, 1.82) is 0 Å². The Bertz CT molecular complexity index is 161. The number of hydrogen-bond donors (Lipinski definition) is 2. The highest BCUT2D eigenvalue weighted by Crippen LogP contribution is 1.96. The van der Waals surface area contributed by atoms with E-state index in [-0.39, 0.29) is 0 Å². The SMILES string of the molecule is C=C(/C=C\C=NO)CCNC. The van der Waals surface area contributed by atoms with Crippen LogP contribution in [0.2, 0.25) is 0 Å². The van der Waals surface area contributed by atoms with Crippen LogP contribution in [0.3, 0.4) is 0 Å². The molecule has 62 valence electrons. The second-order valence-corrected chi connectivity index (χ2v) is 2.14. The predicted molar refractivity (Wildman–Crippen MR) is 47.1 cm³/mol. The summed E-state index contributed by atoms with van der Waals surface area (Å²) in [4.78, 5) is 0. The minimum absolute atomic E-state index is 0.909. The smallest absolute Gasteiger partial charge is 0.0661 e. The van der Waals surface area contributed by atoms with Crippen LogP contribution in [-0.4, -0.2) is 25.0 Å². The molecular weight excluding hydrogens is 140 g/mol. The Morgan fingerprint density at radius 2 is 2.45 bits per heavy atom. The van der Waals surface area contributed by atoms with E-state index in [0.29, 0.717) is 0 Å². The van der Waals surface area contributed by atoms with Crippen LogP contribution in [0.4, 0.5) is 0 Å². The predicted octanol–water partition coefficient (Wildman–Crippen LogP) is 1.17. The van der Waals surface area contributed by atoms with E-state index >= 15 is 0 Å². The summed E-state index contributed by atoms with van der Waals surface area (Å²) in [5.74, 6) is 0. The van der Waals surface area contributed by atoms with E-state index in [4.69, 9.17) is 5.21 Å². The van der Waals surface area contributed by atoms with Crippen LogP contribution >= 0.6 is 0 Å². The molecule has 0 radical (unpaired) electrons. The standard InChI is InChI=1S/C8H14N2O/c1-8(5-7-9-2)4-3-6-10-11/h3-4,6,9,11H,1,5,7H2,2H3/b4-3-,10-6?. The quantitative estimate of drug-likeness (QED) is 0.270. The highest BCUT2D eigenvalue weighted by atomic mass is 16.4. The Balaban J connectivity index is 3.51. The number of nitrogens with one attached hydrogen (secondary N) is 1. The van der Waals surface area contributed by atoms with Crippen molar-refractivity contribution in [3.8, 4) is 0 Å². The van der Waals surface area contributed by atoms with Crippen LogP contribution in [-0.2, 0) is 0 Å². The van der Waals surface area contributed by atoms with E-state index in [9.17, 15) is 0 Å². The van der Waals surface area contributed by atoms with E-state index in [2.05, 4.69) is 17.1 Å². The summed E-state index contributed by atoms with van der Waals surface area (Å²) in [6.45, 7) is 4.71. The Kier molecular flexibility index (Phi) is 6.33. The average molecular weight is 154 g/mol. The van der Waals surface area contributed by atoms with Gasteiger partial charge in [0.05, 0.1) is 6.21 Å². The minimum atomic E-state index is 0.909. The van der Waals surface area contributed by atoms with E-state index in [1.807, 2.05) is 13.1 Å². The zero-order chi connectivity index (χ0) is 8.53. The van der Waals surface area contributed by atoms with Gasteiger partial charge >= 0.3 is 0 Å². The van der Waals surface area contributed by atoms with Crippen LogP contribution in [0.1, 0.15) is 6.42 Å². The molecule has 0 aliphatic rings. The summed E-state index contributed by atoms with van der Waals surface area (Å²) in [6, 6.07) is 0. The lowest BCUT2D eigenvalue weighted by Crippen LogP contribution is -2.07. The zero-order valence-corrected chi connectivity index (χ0v) is 6.75. The maximum atomic E-state index is 8.03. The van der Waals surface area contributed by atoms with Gasteiger partial charge in [0, 0.05) is 0 Å². The first kappa shape index (κ1) is 9.91. The molecular formula is C8H14N2O. The lowest BCUT2D eigenvalue weighted by atomic mass is 10.2. The molecule has 2 N–H and O–H groups in total. The molecule has 0 saturated carbocycles. The summed E-state index contributed by atoms with van der Waals surface area (Å²) < 4.78 is 0. The molecule has 0 spiro atoms.